The van der Waals surface area contributed by atoms with Crippen molar-refractivity contribution in [1.29, 1.82) is 0 Å². The zero-order chi connectivity index (χ0) is 23.0. The molecule has 0 aliphatic carbocycles. The molecule has 1 N–H and O–H groups in total. The molecule has 1 unspecified atom stereocenters. The Kier molecular flexibility index (Phi) is 7.59. The van der Waals surface area contributed by atoms with E-state index in [1.807, 2.05) is 18.2 Å². The quantitative estimate of drug-likeness (QED) is 0.199. The zero-order valence-electron chi connectivity index (χ0n) is 17.1. The highest BCUT2D eigenvalue weighted by atomic mass is 31.2. The fourth-order valence-electron chi connectivity index (χ4n) is 2.65. The molecule has 3 rings (SSSR count). The van der Waals surface area contributed by atoms with Gasteiger partial charge >= 0.3 is 19.4 Å². The summed E-state index contributed by atoms with van der Waals surface area (Å²) in [5, 5.41) is 13.8. The van der Waals surface area contributed by atoms with Crippen molar-refractivity contribution in [2.24, 2.45) is 0 Å². The van der Waals surface area contributed by atoms with Crippen LogP contribution < -0.4 is 14.1 Å². The van der Waals surface area contributed by atoms with E-state index in [9.17, 15) is 19.5 Å². The van der Waals surface area contributed by atoms with Crippen molar-refractivity contribution in [2.75, 3.05) is 0 Å². The summed E-state index contributed by atoms with van der Waals surface area (Å²) in [7, 11) is -4.29. The van der Waals surface area contributed by atoms with Crippen molar-refractivity contribution in [3.05, 3.63) is 101 Å². The van der Waals surface area contributed by atoms with Gasteiger partial charge in [-0.25, -0.2) is 4.57 Å². The molecule has 2 atom stereocenters. The molecule has 0 aliphatic heterocycles. The lowest BCUT2D eigenvalue weighted by atomic mass is 10.2. The number of nitro groups is 1. The van der Waals surface area contributed by atoms with Crippen molar-refractivity contribution in [3.63, 3.8) is 0 Å². The summed E-state index contributed by atoms with van der Waals surface area (Å²) in [4.78, 5) is 23.1. The lowest BCUT2D eigenvalue weighted by Crippen LogP contribution is -2.35. The first-order chi connectivity index (χ1) is 15.4. The van der Waals surface area contributed by atoms with Gasteiger partial charge in [-0.05, 0) is 30.7 Å². The van der Waals surface area contributed by atoms with Gasteiger partial charge in [0.05, 0.1) is 4.92 Å². The van der Waals surface area contributed by atoms with E-state index in [1.54, 1.807) is 30.3 Å². The van der Waals surface area contributed by atoms with Gasteiger partial charge in [0.15, 0.2) is 0 Å². The Morgan fingerprint density at radius 3 is 2.22 bits per heavy atom. The molecule has 0 heterocycles. The molecule has 0 saturated heterocycles. The third-order valence-corrected chi connectivity index (χ3v) is 5.77. The van der Waals surface area contributed by atoms with Crippen LogP contribution in [0.3, 0.4) is 0 Å². The van der Waals surface area contributed by atoms with E-state index in [4.69, 9.17) is 13.8 Å². The van der Waals surface area contributed by atoms with Gasteiger partial charge < -0.3 is 13.8 Å². The molecule has 0 bridgehead atoms. The molecular weight excluding hydrogens is 435 g/mol. The van der Waals surface area contributed by atoms with Crippen LogP contribution in [0.15, 0.2) is 84.9 Å². The molecule has 0 radical (unpaired) electrons. The molecule has 166 valence electrons. The number of benzene rings is 3. The predicted molar refractivity (Wildman–Crippen MR) is 117 cm³/mol. The van der Waals surface area contributed by atoms with E-state index < -0.39 is 30.4 Å². The minimum Gasteiger partial charge on any atom is -0.460 e. The van der Waals surface area contributed by atoms with E-state index in [0.29, 0.717) is 0 Å². The molecule has 0 aromatic heterocycles. The third-order valence-electron chi connectivity index (χ3n) is 4.18. The molecule has 9 nitrogen and oxygen atoms in total. The minimum atomic E-state index is -4.29. The summed E-state index contributed by atoms with van der Waals surface area (Å²) in [6.45, 7) is 1.46. The first-order valence-corrected chi connectivity index (χ1v) is 11.2. The van der Waals surface area contributed by atoms with Crippen molar-refractivity contribution in [3.8, 4) is 11.5 Å². The van der Waals surface area contributed by atoms with Gasteiger partial charge in [-0.3, -0.25) is 14.9 Å². The second kappa shape index (κ2) is 10.6. The summed E-state index contributed by atoms with van der Waals surface area (Å²) >= 11 is 0. The summed E-state index contributed by atoms with van der Waals surface area (Å²) in [6, 6.07) is 21.5. The Labute approximate surface area is 184 Å². The van der Waals surface area contributed by atoms with Gasteiger partial charge in [0, 0.05) is 6.07 Å². The first-order valence-electron chi connectivity index (χ1n) is 9.62. The normalized spacial score (nSPS) is 13.4. The minimum absolute atomic E-state index is 0.0283. The summed E-state index contributed by atoms with van der Waals surface area (Å²) in [6.07, 6.45) is 0. The standard InChI is InChI=1S/C22H21N2O7P/c1-17(22(25)29-16-18-10-4-2-5-11-18)23-32(28,30-19-12-6-3-7-13-19)31-21-15-9-8-14-20(21)24(26)27/h2-15,17H,16H2,1H3,(H,23,28)/t17-,32?/m0/s1. The summed E-state index contributed by atoms with van der Waals surface area (Å²) in [5.74, 6) is -0.780. The van der Waals surface area contributed by atoms with Crippen LogP contribution in [0.25, 0.3) is 0 Å². The maximum atomic E-state index is 13.5. The van der Waals surface area contributed by atoms with Crippen molar-refractivity contribution < 1.29 is 28.1 Å². The monoisotopic (exact) mass is 456 g/mol. The van der Waals surface area contributed by atoms with Crippen molar-refractivity contribution in [1.82, 2.24) is 5.09 Å². The number of nitro benzene ring substituents is 1. The van der Waals surface area contributed by atoms with Crippen LogP contribution >= 0.6 is 7.75 Å². The van der Waals surface area contributed by atoms with E-state index in [1.165, 1.54) is 43.3 Å². The molecule has 0 saturated carbocycles. The Morgan fingerprint density at radius 2 is 1.56 bits per heavy atom. The fraction of sp³-hybridized carbons (Fsp3) is 0.136. The number of carbonyl (C=O) groups excluding carboxylic acids is 1. The Morgan fingerprint density at radius 1 is 0.969 bits per heavy atom. The molecule has 3 aromatic rings. The molecule has 0 spiro atoms. The number of rotatable bonds is 10. The molecule has 0 amide bonds. The second-order valence-corrected chi connectivity index (χ2v) is 8.28. The van der Waals surface area contributed by atoms with Crippen LogP contribution in [-0.4, -0.2) is 16.9 Å². The maximum Gasteiger partial charge on any atom is 0.513 e. The largest absolute Gasteiger partial charge is 0.513 e. The van der Waals surface area contributed by atoms with E-state index in [0.717, 1.165) is 5.56 Å². The Balaban J connectivity index is 1.78. The highest BCUT2D eigenvalue weighted by Crippen LogP contribution is 2.47. The number of hydrogen-bond donors (Lipinski definition) is 1. The molecule has 10 heteroatoms. The second-order valence-electron chi connectivity index (χ2n) is 6.66. The highest BCUT2D eigenvalue weighted by molar-refractivity contribution is 7.52. The van der Waals surface area contributed by atoms with Crippen LogP contribution in [0.2, 0.25) is 0 Å². The van der Waals surface area contributed by atoms with Gasteiger partial charge in [0.1, 0.15) is 18.4 Å². The van der Waals surface area contributed by atoms with Gasteiger partial charge in [0.2, 0.25) is 5.75 Å². The maximum absolute atomic E-state index is 13.5. The van der Waals surface area contributed by atoms with Gasteiger partial charge in [-0.15, -0.1) is 0 Å². The lowest BCUT2D eigenvalue weighted by Gasteiger charge is -2.23. The van der Waals surface area contributed by atoms with Crippen LogP contribution in [0.1, 0.15) is 12.5 Å². The summed E-state index contributed by atoms with van der Waals surface area (Å²) in [5.41, 5.74) is 0.387. The highest BCUT2D eigenvalue weighted by Gasteiger charge is 2.35. The molecule has 3 aromatic carbocycles. The van der Waals surface area contributed by atoms with Gasteiger partial charge in [-0.2, -0.15) is 5.09 Å². The SMILES string of the molecule is C[C@H](NP(=O)(Oc1ccccc1)Oc1ccccc1[N+](=O)[O-])C(=O)OCc1ccccc1. The van der Waals surface area contributed by atoms with Crippen LogP contribution in [0, 0.1) is 10.1 Å². The smallest absolute Gasteiger partial charge is 0.460 e. The third kappa shape index (κ3) is 6.41. The van der Waals surface area contributed by atoms with Crippen LogP contribution in [0.4, 0.5) is 5.69 Å². The molecule has 0 aliphatic rings. The van der Waals surface area contributed by atoms with Crippen molar-refractivity contribution in [2.45, 2.75) is 19.6 Å². The number of hydrogen-bond acceptors (Lipinski definition) is 7. The lowest BCUT2D eigenvalue weighted by molar-refractivity contribution is -0.385. The van der Waals surface area contributed by atoms with Crippen LogP contribution in [0.5, 0.6) is 11.5 Å². The first kappa shape index (κ1) is 23.0. The average molecular weight is 456 g/mol. The Hall–Kier alpha value is -3.68. The molecule has 32 heavy (non-hydrogen) atoms. The number of para-hydroxylation sites is 3. The number of ether oxygens (including phenoxy) is 1. The Bertz CT molecular complexity index is 1110. The van der Waals surface area contributed by atoms with Gasteiger partial charge in [-0.1, -0.05) is 60.7 Å². The van der Waals surface area contributed by atoms with E-state index >= 15 is 0 Å². The molecular formula is C22H21N2O7P. The zero-order valence-corrected chi connectivity index (χ0v) is 18.0. The number of nitrogens with one attached hydrogen (secondary N) is 1. The van der Waals surface area contributed by atoms with E-state index in [2.05, 4.69) is 5.09 Å². The summed E-state index contributed by atoms with van der Waals surface area (Å²) < 4.78 is 29.8. The average Bonchev–Trinajstić information content (AvgIpc) is 2.78. The number of carbonyl (C=O) groups is 1. The van der Waals surface area contributed by atoms with Gasteiger partial charge in [0.25, 0.3) is 0 Å². The van der Waals surface area contributed by atoms with Crippen LogP contribution in [-0.2, 0) is 20.7 Å². The number of nitrogens with zero attached hydrogens (tertiary/aromatic N) is 1. The fourth-order valence-corrected chi connectivity index (χ4v) is 4.18. The number of esters is 1. The topological polar surface area (TPSA) is 117 Å². The molecule has 0 fully saturated rings. The van der Waals surface area contributed by atoms with Crippen molar-refractivity contribution >= 4 is 19.4 Å². The van der Waals surface area contributed by atoms with E-state index in [-0.39, 0.29) is 18.1 Å². The predicted octanol–water partition coefficient (Wildman–Crippen LogP) is 4.88.